The molecule has 0 bridgehead atoms. The van der Waals surface area contributed by atoms with Crippen LogP contribution >= 0.6 is 11.8 Å². The summed E-state index contributed by atoms with van der Waals surface area (Å²) < 4.78 is 2.11. The van der Waals surface area contributed by atoms with Crippen LogP contribution in [0.25, 0.3) is 16.6 Å². The van der Waals surface area contributed by atoms with Crippen molar-refractivity contribution >= 4 is 34.3 Å². The van der Waals surface area contributed by atoms with Crippen LogP contribution in [0.5, 0.6) is 0 Å². The van der Waals surface area contributed by atoms with E-state index < -0.39 is 5.97 Å². The number of fused-ring (bicyclic) bond motifs is 3. The Hall–Kier alpha value is -3.31. The molecule has 0 saturated heterocycles. The lowest BCUT2D eigenvalue weighted by Crippen LogP contribution is -2.00. The van der Waals surface area contributed by atoms with E-state index in [2.05, 4.69) is 39.9 Å². The van der Waals surface area contributed by atoms with Crippen LogP contribution < -0.4 is 0 Å². The lowest BCUT2D eigenvalue weighted by Gasteiger charge is -2.13. The Morgan fingerprint density at radius 2 is 1.90 bits per heavy atom. The first kappa shape index (κ1) is 17.8. The average molecular weight is 398 g/mol. The van der Waals surface area contributed by atoms with Gasteiger partial charge in [0.2, 0.25) is 0 Å². The van der Waals surface area contributed by atoms with Gasteiger partial charge in [0.05, 0.1) is 22.9 Å². The Kier molecular flexibility index (Phi) is 4.45. The molecule has 4 nitrogen and oxygen atoms in total. The van der Waals surface area contributed by atoms with Gasteiger partial charge in [-0.05, 0) is 52.6 Å². The van der Waals surface area contributed by atoms with Crippen LogP contribution in [-0.4, -0.2) is 20.6 Å². The average Bonchev–Trinajstić information content (AvgIpc) is 3.09. The summed E-state index contributed by atoms with van der Waals surface area (Å²) in [5.41, 5.74) is 6.82. The molecule has 0 saturated carbocycles. The molecule has 5 rings (SSSR count). The number of aromatic nitrogens is 2. The number of carbonyl (C=O) groups is 1. The summed E-state index contributed by atoms with van der Waals surface area (Å²) in [6.45, 7) is 0.658. The topological polar surface area (TPSA) is 55.1 Å². The SMILES string of the molecule is O=C(O)c1ccc2c(c1)C(=CCn1cnc3ccccc31)c1ccccc1CS2. The second-order valence-electron chi connectivity index (χ2n) is 6.97. The van der Waals surface area contributed by atoms with Crippen LogP contribution in [0, 0.1) is 0 Å². The summed E-state index contributed by atoms with van der Waals surface area (Å²) in [7, 11) is 0. The highest BCUT2D eigenvalue weighted by atomic mass is 32.2. The molecule has 1 aromatic heterocycles. The molecule has 3 aromatic carbocycles. The smallest absolute Gasteiger partial charge is 0.335 e. The highest BCUT2D eigenvalue weighted by molar-refractivity contribution is 7.98. The molecule has 0 atom stereocenters. The summed E-state index contributed by atoms with van der Waals surface area (Å²) >= 11 is 1.75. The number of nitrogens with zero attached hydrogens (tertiary/aromatic N) is 2. The van der Waals surface area contributed by atoms with Gasteiger partial charge in [0, 0.05) is 17.2 Å². The molecule has 0 fully saturated rings. The van der Waals surface area contributed by atoms with Gasteiger partial charge in [-0.25, -0.2) is 9.78 Å². The van der Waals surface area contributed by atoms with Gasteiger partial charge >= 0.3 is 5.97 Å². The van der Waals surface area contributed by atoms with E-state index in [0.29, 0.717) is 12.1 Å². The first-order valence-electron chi connectivity index (χ1n) is 9.39. The number of allylic oxidation sites excluding steroid dienone is 1. The zero-order chi connectivity index (χ0) is 19.8. The van der Waals surface area contributed by atoms with Crippen LogP contribution in [0.15, 0.2) is 84.0 Å². The van der Waals surface area contributed by atoms with Crippen molar-refractivity contribution in [2.75, 3.05) is 0 Å². The van der Waals surface area contributed by atoms with E-state index in [1.807, 2.05) is 36.7 Å². The highest BCUT2D eigenvalue weighted by Crippen LogP contribution is 2.40. The monoisotopic (exact) mass is 398 g/mol. The molecule has 29 heavy (non-hydrogen) atoms. The van der Waals surface area contributed by atoms with Gasteiger partial charge in [-0.3, -0.25) is 0 Å². The minimum Gasteiger partial charge on any atom is -0.478 e. The van der Waals surface area contributed by atoms with Gasteiger partial charge in [-0.15, -0.1) is 11.8 Å². The Morgan fingerprint density at radius 1 is 1.07 bits per heavy atom. The first-order valence-corrected chi connectivity index (χ1v) is 10.4. The van der Waals surface area contributed by atoms with Gasteiger partial charge in [0.1, 0.15) is 0 Å². The van der Waals surface area contributed by atoms with Crippen molar-refractivity contribution in [1.29, 1.82) is 0 Å². The summed E-state index contributed by atoms with van der Waals surface area (Å²) in [5.74, 6) is -0.0451. The van der Waals surface area contributed by atoms with Crippen LogP contribution in [0.2, 0.25) is 0 Å². The number of carboxylic acid groups (broad SMARTS) is 1. The maximum Gasteiger partial charge on any atom is 0.335 e. The highest BCUT2D eigenvalue weighted by Gasteiger charge is 2.20. The molecule has 0 unspecified atom stereocenters. The standard InChI is InChI=1S/C24H18N2O2S/c27-24(28)16-9-10-23-20(13-16)19(18-6-2-1-5-17(18)14-29-23)11-12-26-15-25-21-7-3-4-8-22(21)26/h1-11,13,15H,12,14H2,(H,27,28). The molecule has 2 heterocycles. The van der Waals surface area contributed by atoms with Crippen molar-refractivity contribution < 1.29 is 9.90 Å². The van der Waals surface area contributed by atoms with E-state index in [1.165, 1.54) is 5.56 Å². The molecule has 1 aliphatic heterocycles. The maximum atomic E-state index is 11.6. The number of carboxylic acids is 1. The summed E-state index contributed by atoms with van der Waals surface area (Å²) in [6, 6.07) is 21.8. The van der Waals surface area contributed by atoms with Crippen LogP contribution in [-0.2, 0) is 12.3 Å². The van der Waals surface area contributed by atoms with Crippen LogP contribution in [0.4, 0.5) is 0 Å². The van der Waals surface area contributed by atoms with Gasteiger partial charge in [0.25, 0.3) is 0 Å². The Labute approximate surface area is 172 Å². The molecular weight excluding hydrogens is 380 g/mol. The number of thioether (sulfide) groups is 1. The molecular formula is C24H18N2O2S. The van der Waals surface area contributed by atoms with Crippen molar-refractivity contribution in [3.8, 4) is 0 Å². The summed E-state index contributed by atoms with van der Waals surface area (Å²) in [4.78, 5) is 17.2. The molecule has 0 aliphatic carbocycles. The fourth-order valence-electron chi connectivity index (χ4n) is 3.77. The third-order valence-electron chi connectivity index (χ3n) is 5.23. The van der Waals surface area contributed by atoms with Crippen LogP contribution in [0.1, 0.15) is 27.0 Å². The molecule has 142 valence electrons. The van der Waals surface area contributed by atoms with E-state index >= 15 is 0 Å². The lowest BCUT2D eigenvalue weighted by atomic mass is 9.93. The van der Waals surface area contributed by atoms with Crippen molar-refractivity contribution in [2.45, 2.75) is 17.2 Å². The number of aromatic carboxylic acids is 1. The first-order chi connectivity index (χ1) is 14.2. The molecule has 0 spiro atoms. The second kappa shape index (κ2) is 7.26. The predicted molar refractivity (Wildman–Crippen MR) is 116 cm³/mol. The Bertz CT molecular complexity index is 1270. The molecule has 4 aromatic rings. The van der Waals surface area contributed by atoms with Gasteiger partial charge in [-0.2, -0.15) is 0 Å². The molecule has 5 heteroatoms. The molecule has 1 N–H and O–H groups in total. The van der Waals surface area contributed by atoms with E-state index in [0.717, 1.165) is 38.4 Å². The van der Waals surface area contributed by atoms with Crippen molar-refractivity contribution in [2.24, 2.45) is 0 Å². The fourth-order valence-corrected chi connectivity index (χ4v) is 4.83. The van der Waals surface area contributed by atoms with E-state index in [4.69, 9.17) is 0 Å². The number of hydrogen-bond donors (Lipinski definition) is 1. The quantitative estimate of drug-likeness (QED) is 0.497. The number of imidazole rings is 1. The minimum atomic E-state index is -0.907. The molecule has 0 radical (unpaired) electrons. The second-order valence-corrected chi connectivity index (χ2v) is 7.98. The Morgan fingerprint density at radius 3 is 2.79 bits per heavy atom. The normalized spacial score (nSPS) is 14.4. The zero-order valence-corrected chi connectivity index (χ0v) is 16.4. The summed E-state index contributed by atoms with van der Waals surface area (Å²) in [5, 5.41) is 9.50. The minimum absolute atomic E-state index is 0.308. The maximum absolute atomic E-state index is 11.6. The largest absolute Gasteiger partial charge is 0.478 e. The molecule has 1 aliphatic rings. The third kappa shape index (κ3) is 3.23. The number of benzene rings is 3. The van der Waals surface area contributed by atoms with Gasteiger partial charge in [0.15, 0.2) is 0 Å². The van der Waals surface area contributed by atoms with Crippen molar-refractivity contribution in [3.63, 3.8) is 0 Å². The predicted octanol–water partition coefficient (Wildman–Crippen LogP) is 5.47. The fraction of sp³-hybridized carbons (Fsp3) is 0.0833. The number of rotatable bonds is 3. The number of hydrogen-bond acceptors (Lipinski definition) is 3. The lowest BCUT2D eigenvalue weighted by molar-refractivity contribution is 0.0696. The van der Waals surface area contributed by atoms with E-state index in [9.17, 15) is 9.90 Å². The number of para-hydroxylation sites is 2. The zero-order valence-electron chi connectivity index (χ0n) is 15.6. The van der Waals surface area contributed by atoms with Crippen molar-refractivity contribution in [1.82, 2.24) is 9.55 Å². The van der Waals surface area contributed by atoms with Crippen LogP contribution in [0.3, 0.4) is 0 Å². The van der Waals surface area contributed by atoms with Gasteiger partial charge in [-0.1, -0.05) is 42.5 Å². The van der Waals surface area contributed by atoms with Crippen molar-refractivity contribution in [3.05, 3.63) is 101 Å². The summed E-state index contributed by atoms with van der Waals surface area (Å²) in [6.07, 6.45) is 4.04. The van der Waals surface area contributed by atoms with E-state index in [1.54, 1.807) is 23.9 Å². The van der Waals surface area contributed by atoms with Gasteiger partial charge < -0.3 is 9.67 Å². The Balaban J connectivity index is 1.66. The van der Waals surface area contributed by atoms with E-state index in [-0.39, 0.29) is 0 Å². The third-order valence-corrected chi connectivity index (χ3v) is 6.35. The molecule has 0 amide bonds.